The van der Waals surface area contributed by atoms with Crippen molar-refractivity contribution in [1.82, 2.24) is 9.78 Å². The summed E-state index contributed by atoms with van der Waals surface area (Å²) in [5.41, 5.74) is 0.271. The van der Waals surface area contributed by atoms with E-state index in [2.05, 4.69) is 5.10 Å². The fourth-order valence-electron chi connectivity index (χ4n) is 0.892. The van der Waals surface area contributed by atoms with Gasteiger partial charge in [-0.05, 0) is 0 Å². The molecule has 0 aliphatic carbocycles. The van der Waals surface area contributed by atoms with Gasteiger partial charge in [0.25, 0.3) is 0 Å². The molecule has 6 heteroatoms. The van der Waals surface area contributed by atoms with Gasteiger partial charge < -0.3 is 0 Å². The number of nitrogens with zero attached hydrogens (tertiary/aromatic N) is 4. The standard InChI is InChI=1S/C7H7ClN4O/c1-5(13)12(8)7-6(3-9)4-10-11(7)2/h4H,1-2H3. The first-order chi connectivity index (χ1) is 6.07. The summed E-state index contributed by atoms with van der Waals surface area (Å²) in [5.74, 6) is -0.0709. The van der Waals surface area contributed by atoms with Gasteiger partial charge in [0.1, 0.15) is 11.6 Å². The van der Waals surface area contributed by atoms with Gasteiger partial charge in [-0.15, -0.1) is 0 Å². The molecular formula is C7H7ClN4O. The molecule has 0 unspecified atom stereocenters. The summed E-state index contributed by atoms with van der Waals surface area (Å²) in [7, 11) is 1.61. The van der Waals surface area contributed by atoms with Crippen molar-refractivity contribution in [3.05, 3.63) is 11.8 Å². The first-order valence-corrected chi connectivity index (χ1v) is 3.80. The van der Waals surface area contributed by atoms with Crippen LogP contribution in [0.3, 0.4) is 0 Å². The Morgan fingerprint density at radius 3 is 2.92 bits per heavy atom. The molecular weight excluding hydrogens is 192 g/mol. The van der Waals surface area contributed by atoms with Crippen molar-refractivity contribution in [2.45, 2.75) is 6.92 Å². The van der Waals surface area contributed by atoms with Crippen LogP contribution in [0.4, 0.5) is 5.82 Å². The molecule has 0 N–H and O–H groups in total. The molecule has 0 aliphatic heterocycles. The Labute approximate surface area is 80.2 Å². The minimum atomic E-state index is -0.359. The van der Waals surface area contributed by atoms with Gasteiger partial charge in [-0.2, -0.15) is 10.4 Å². The molecule has 68 valence electrons. The van der Waals surface area contributed by atoms with E-state index in [1.54, 1.807) is 7.05 Å². The molecule has 5 nitrogen and oxygen atoms in total. The summed E-state index contributed by atoms with van der Waals surface area (Å²) < 4.78 is 2.23. The van der Waals surface area contributed by atoms with E-state index in [0.29, 0.717) is 0 Å². The molecule has 0 bridgehead atoms. The van der Waals surface area contributed by atoms with Crippen molar-refractivity contribution in [3.8, 4) is 6.07 Å². The second kappa shape index (κ2) is 3.46. The summed E-state index contributed by atoms with van der Waals surface area (Å²) in [5, 5.41) is 12.5. The Bertz CT molecular complexity index is 378. The smallest absolute Gasteiger partial charge is 0.239 e. The van der Waals surface area contributed by atoms with E-state index < -0.39 is 0 Å². The second-order valence-corrected chi connectivity index (χ2v) is 2.76. The number of halogens is 1. The number of carbonyl (C=O) groups excluding carboxylic acids is 1. The van der Waals surface area contributed by atoms with Crippen LogP contribution in [0.25, 0.3) is 0 Å². The molecule has 1 heterocycles. The number of rotatable bonds is 1. The lowest BCUT2D eigenvalue weighted by atomic mass is 10.3. The third kappa shape index (κ3) is 1.63. The Balaban J connectivity index is 3.20. The molecule has 0 atom stereocenters. The number of anilines is 1. The maximum Gasteiger partial charge on any atom is 0.239 e. The maximum atomic E-state index is 10.9. The highest BCUT2D eigenvalue weighted by molar-refractivity contribution is 6.36. The Kier molecular flexibility index (Phi) is 2.54. The third-order valence-corrected chi connectivity index (χ3v) is 1.89. The lowest BCUT2D eigenvalue weighted by Crippen LogP contribution is -2.20. The van der Waals surface area contributed by atoms with Crippen LogP contribution in [0.5, 0.6) is 0 Å². The minimum Gasteiger partial charge on any atom is -0.273 e. The van der Waals surface area contributed by atoms with Crippen molar-refractivity contribution in [2.75, 3.05) is 4.42 Å². The van der Waals surface area contributed by atoms with Crippen LogP contribution in [-0.2, 0) is 11.8 Å². The average molecular weight is 199 g/mol. The van der Waals surface area contributed by atoms with Crippen LogP contribution in [0.2, 0.25) is 0 Å². The highest BCUT2D eigenvalue weighted by atomic mass is 35.5. The summed E-state index contributed by atoms with van der Waals surface area (Å²) in [6, 6.07) is 1.89. The molecule has 0 aromatic carbocycles. The Hall–Kier alpha value is -1.54. The van der Waals surface area contributed by atoms with E-state index in [1.165, 1.54) is 17.8 Å². The molecule has 0 fully saturated rings. The van der Waals surface area contributed by atoms with Crippen molar-refractivity contribution in [1.29, 1.82) is 5.26 Å². The fourth-order valence-corrected chi connectivity index (χ4v) is 1.09. The largest absolute Gasteiger partial charge is 0.273 e. The zero-order valence-electron chi connectivity index (χ0n) is 7.15. The number of hydrogen-bond donors (Lipinski definition) is 0. The number of hydrogen-bond acceptors (Lipinski definition) is 3. The first-order valence-electron chi connectivity index (χ1n) is 3.46. The maximum absolute atomic E-state index is 10.9. The van der Waals surface area contributed by atoms with Crippen molar-refractivity contribution in [2.24, 2.45) is 7.05 Å². The minimum absolute atomic E-state index is 0.271. The van der Waals surface area contributed by atoms with E-state index in [4.69, 9.17) is 17.0 Å². The third-order valence-electron chi connectivity index (χ3n) is 1.49. The van der Waals surface area contributed by atoms with Crippen molar-refractivity contribution < 1.29 is 4.79 Å². The SMILES string of the molecule is CC(=O)N(Cl)c1c(C#N)cnn1C. The molecule has 1 amide bonds. The lowest BCUT2D eigenvalue weighted by Gasteiger charge is -2.10. The molecule has 1 aromatic heterocycles. The number of aromatic nitrogens is 2. The van der Waals surface area contributed by atoms with Gasteiger partial charge in [-0.25, -0.2) is 4.42 Å². The normalized spacial score (nSPS) is 9.38. The topological polar surface area (TPSA) is 61.9 Å². The molecule has 1 aromatic rings. The molecule has 0 spiro atoms. The molecule has 0 saturated carbocycles. The van der Waals surface area contributed by atoms with E-state index in [1.807, 2.05) is 6.07 Å². The van der Waals surface area contributed by atoms with E-state index in [0.717, 1.165) is 4.42 Å². The highest BCUT2D eigenvalue weighted by Crippen LogP contribution is 2.20. The number of nitriles is 1. The van der Waals surface area contributed by atoms with Gasteiger partial charge in [-0.3, -0.25) is 9.48 Å². The molecule has 0 radical (unpaired) electrons. The quantitative estimate of drug-likeness (QED) is 0.627. The van der Waals surface area contributed by atoms with E-state index >= 15 is 0 Å². The average Bonchev–Trinajstić information content (AvgIpc) is 2.45. The predicted molar refractivity (Wildman–Crippen MR) is 46.9 cm³/mol. The van der Waals surface area contributed by atoms with Gasteiger partial charge in [-0.1, -0.05) is 0 Å². The van der Waals surface area contributed by atoms with E-state index in [-0.39, 0.29) is 17.3 Å². The second-order valence-electron chi connectivity index (χ2n) is 2.42. The van der Waals surface area contributed by atoms with Crippen LogP contribution in [0, 0.1) is 11.3 Å². The Morgan fingerprint density at radius 2 is 2.46 bits per heavy atom. The van der Waals surface area contributed by atoms with Crippen LogP contribution in [-0.4, -0.2) is 15.7 Å². The lowest BCUT2D eigenvalue weighted by molar-refractivity contribution is -0.115. The molecule has 1 rings (SSSR count). The van der Waals surface area contributed by atoms with Crippen molar-refractivity contribution >= 4 is 23.5 Å². The van der Waals surface area contributed by atoms with Gasteiger partial charge in [0, 0.05) is 25.7 Å². The number of aryl methyl sites for hydroxylation is 1. The van der Waals surface area contributed by atoms with Gasteiger partial charge >= 0.3 is 0 Å². The van der Waals surface area contributed by atoms with Crippen LogP contribution < -0.4 is 4.42 Å². The van der Waals surface area contributed by atoms with Crippen LogP contribution in [0.1, 0.15) is 12.5 Å². The molecule has 0 aliphatic rings. The van der Waals surface area contributed by atoms with Crippen LogP contribution in [0.15, 0.2) is 6.20 Å². The molecule has 0 saturated heterocycles. The summed E-state index contributed by atoms with van der Waals surface area (Å²) in [6.07, 6.45) is 1.35. The predicted octanol–water partition coefficient (Wildman–Crippen LogP) is 0.798. The fraction of sp³-hybridized carbons (Fsp3) is 0.286. The highest BCUT2D eigenvalue weighted by Gasteiger charge is 2.17. The first kappa shape index (κ1) is 9.55. The zero-order valence-corrected chi connectivity index (χ0v) is 7.91. The zero-order chi connectivity index (χ0) is 10.0. The number of carbonyl (C=O) groups is 1. The van der Waals surface area contributed by atoms with Gasteiger partial charge in [0.05, 0.1) is 6.20 Å². The van der Waals surface area contributed by atoms with Gasteiger partial charge in [0.2, 0.25) is 5.91 Å². The van der Waals surface area contributed by atoms with Gasteiger partial charge in [0.15, 0.2) is 5.82 Å². The van der Waals surface area contributed by atoms with Crippen molar-refractivity contribution in [3.63, 3.8) is 0 Å². The number of amides is 1. The summed E-state index contributed by atoms with van der Waals surface area (Å²) in [6.45, 7) is 1.31. The summed E-state index contributed by atoms with van der Waals surface area (Å²) >= 11 is 5.64. The molecule has 13 heavy (non-hydrogen) atoms. The Morgan fingerprint density at radius 1 is 1.85 bits per heavy atom. The van der Waals surface area contributed by atoms with E-state index in [9.17, 15) is 4.79 Å². The monoisotopic (exact) mass is 198 g/mol. The van der Waals surface area contributed by atoms with Crippen LogP contribution >= 0.6 is 11.8 Å². The summed E-state index contributed by atoms with van der Waals surface area (Å²) in [4.78, 5) is 10.9.